The van der Waals surface area contributed by atoms with E-state index >= 15 is 0 Å². The third kappa shape index (κ3) is 2.15. The number of aromatic nitrogens is 2. The summed E-state index contributed by atoms with van der Waals surface area (Å²) < 4.78 is 16.5. The van der Waals surface area contributed by atoms with Gasteiger partial charge >= 0.3 is 0 Å². The molecule has 0 radical (unpaired) electrons. The Labute approximate surface area is 113 Å². The number of halogens is 2. The van der Waals surface area contributed by atoms with Crippen LogP contribution in [0.3, 0.4) is 0 Å². The molecule has 2 fully saturated rings. The number of aliphatic hydroxyl groups excluding tert-OH is 1. The Morgan fingerprint density at radius 2 is 2.06 bits per heavy atom. The van der Waals surface area contributed by atoms with Crippen molar-refractivity contribution in [2.24, 2.45) is 0 Å². The first-order chi connectivity index (χ1) is 8.65. The topological polar surface area (TPSA) is 73.7 Å². The van der Waals surface area contributed by atoms with Gasteiger partial charge < -0.3 is 19.3 Å². The summed E-state index contributed by atoms with van der Waals surface area (Å²) in [5, 5.41) is 9.92. The van der Waals surface area contributed by atoms with Gasteiger partial charge in [0.2, 0.25) is 11.2 Å². The average molecular weight is 293 g/mol. The average Bonchev–Trinajstić information content (AvgIpc) is 2.89. The lowest BCUT2D eigenvalue weighted by Gasteiger charge is -2.17. The summed E-state index contributed by atoms with van der Waals surface area (Å²) in [6.07, 6.45) is -0.288. The molecule has 3 rings (SSSR count). The van der Waals surface area contributed by atoms with Crippen LogP contribution in [0.25, 0.3) is 0 Å². The first kappa shape index (κ1) is 12.4. The van der Waals surface area contributed by atoms with Crippen molar-refractivity contribution in [1.82, 2.24) is 9.97 Å². The lowest BCUT2D eigenvalue weighted by Crippen LogP contribution is -2.34. The quantitative estimate of drug-likeness (QED) is 0.809. The number of aliphatic hydroxyl groups is 1. The van der Waals surface area contributed by atoms with E-state index < -0.39 is 6.10 Å². The van der Waals surface area contributed by atoms with E-state index in [1.54, 1.807) is 0 Å². The van der Waals surface area contributed by atoms with Crippen molar-refractivity contribution >= 4 is 23.2 Å². The molecular formula is C10H10Cl2N2O4. The molecular weight excluding hydrogens is 283 g/mol. The minimum Gasteiger partial charge on any atom is -0.468 e. The second-order valence-electron chi connectivity index (χ2n) is 4.11. The van der Waals surface area contributed by atoms with Crippen LogP contribution in [0.15, 0.2) is 6.20 Å². The minimum atomic E-state index is -0.618. The third-order valence-electron chi connectivity index (χ3n) is 2.93. The normalized spacial score (nSPS) is 34.6. The molecule has 1 aromatic heterocycles. The van der Waals surface area contributed by atoms with E-state index in [9.17, 15) is 5.11 Å². The molecule has 6 nitrogen and oxygen atoms in total. The zero-order valence-electron chi connectivity index (χ0n) is 9.12. The van der Waals surface area contributed by atoms with E-state index in [0.717, 1.165) is 0 Å². The highest BCUT2D eigenvalue weighted by molar-refractivity contribution is 6.32. The van der Waals surface area contributed by atoms with E-state index in [4.69, 9.17) is 37.4 Å². The fourth-order valence-electron chi connectivity index (χ4n) is 2.10. The van der Waals surface area contributed by atoms with E-state index in [-0.39, 0.29) is 41.1 Å². The van der Waals surface area contributed by atoms with E-state index in [0.29, 0.717) is 6.61 Å². The molecule has 0 unspecified atom stereocenters. The van der Waals surface area contributed by atoms with Crippen LogP contribution in [-0.2, 0) is 9.47 Å². The monoisotopic (exact) mass is 292 g/mol. The number of hydrogen-bond donors (Lipinski definition) is 1. The van der Waals surface area contributed by atoms with Gasteiger partial charge in [-0.1, -0.05) is 11.6 Å². The predicted molar refractivity (Wildman–Crippen MR) is 62.0 cm³/mol. The van der Waals surface area contributed by atoms with Gasteiger partial charge in [0.15, 0.2) is 6.10 Å². The zero-order valence-corrected chi connectivity index (χ0v) is 10.6. The summed E-state index contributed by atoms with van der Waals surface area (Å²) in [7, 11) is 0. The Kier molecular flexibility index (Phi) is 3.29. The molecule has 0 bridgehead atoms. The number of ether oxygens (including phenoxy) is 3. The van der Waals surface area contributed by atoms with Gasteiger partial charge in [-0.25, -0.2) is 4.98 Å². The van der Waals surface area contributed by atoms with Crippen LogP contribution in [0.5, 0.6) is 5.88 Å². The van der Waals surface area contributed by atoms with Gasteiger partial charge in [-0.05, 0) is 11.6 Å². The van der Waals surface area contributed by atoms with Crippen molar-refractivity contribution in [3.8, 4) is 5.88 Å². The Bertz CT molecular complexity index is 462. The second-order valence-corrected chi connectivity index (χ2v) is 4.86. The molecule has 2 saturated heterocycles. The number of hydrogen-bond acceptors (Lipinski definition) is 6. The van der Waals surface area contributed by atoms with E-state index in [2.05, 4.69) is 9.97 Å². The van der Waals surface area contributed by atoms with Crippen molar-refractivity contribution in [1.29, 1.82) is 0 Å². The standard InChI is InChI=1S/C10H10Cl2N2O4/c11-4-1-13-10(12)14-9(4)18-6-3-17-7-5(15)2-16-8(6)7/h1,5-8,15H,2-3H2/t5-,6-,7-,8-/m1/s1. The zero-order chi connectivity index (χ0) is 12.7. The smallest absolute Gasteiger partial charge is 0.237 e. The summed E-state index contributed by atoms with van der Waals surface area (Å²) in [5.41, 5.74) is 0. The van der Waals surface area contributed by atoms with E-state index in [1.807, 2.05) is 0 Å². The highest BCUT2D eigenvalue weighted by Gasteiger charge is 2.48. The van der Waals surface area contributed by atoms with Gasteiger partial charge in [-0.2, -0.15) is 4.98 Å². The fraction of sp³-hybridized carbons (Fsp3) is 0.600. The summed E-state index contributed by atoms with van der Waals surface area (Å²) in [5.74, 6) is 0.191. The van der Waals surface area contributed by atoms with Crippen LogP contribution >= 0.6 is 23.2 Å². The molecule has 0 aromatic carbocycles. The molecule has 1 N–H and O–H groups in total. The SMILES string of the molecule is O[C@@H]1CO[C@H]2[C@@H]1OC[C@H]2Oc1nc(Cl)ncc1Cl. The van der Waals surface area contributed by atoms with Gasteiger partial charge in [0.05, 0.1) is 19.4 Å². The van der Waals surface area contributed by atoms with Gasteiger partial charge in [0.1, 0.15) is 23.3 Å². The molecule has 0 aliphatic carbocycles. The van der Waals surface area contributed by atoms with Crippen molar-refractivity contribution in [3.05, 3.63) is 16.5 Å². The summed E-state index contributed by atoms with van der Waals surface area (Å²) >= 11 is 11.6. The van der Waals surface area contributed by atoms with Crippen molar-refractivity contribution < 1.29 is 19.3 Å². The first-order valence-corrected chi connectivity index (χ1v) is 6.16. The van der Waals surface area contributed by atoms with Crippen LogP contribution < -0.4 is 4.74 Å². The maximum absolute atomic E-state index is 9.60. The Hall–Kier alpha value is -0.660. The van der Waals surface area contributed by atoms with Gasteiger partial charge in [-0.15, -0.1) is 0 Å². The lowest BCUT2D eigenvalue weighted by molar-refractivity contribution is 0.00780. The highest BCUT2D eigenvalue weighted by atomic mass is 35.5. The van der Waals surface area contributed by atoms with Crippen molar-refractivity contribution in [2.45, 2.75) is 24.4 Å². The summed E-state index contributed by atoms with van der Waals surface area (Å²) in [6, 6.07) is 0. The molecule has 3 heterocycles. The molecule has 2 aliphatic heterocycles. The van der Waals surface area contributed by atoms with Crippen LogP contribution in [0.1, 0.15) is 0 Å². The maximum Gasteiger partial charge on any atom is 0.237 e. The molecule has 98 valence electrons. The van der Waals surface area contributed by atoms with Crippen LogP contribution in [0.4, 0.5) is 0 Å². The van der Waals surface area contributed by atoms with Gasteiger partial charge in [0.25, 0.3) is 0 Å². The second kappa shape index (κ2) is 4.79. The van der Waals surface area contributed by atoms with Gasteiger partial charge in [0, 0.05) is 0 Å². The molecule has 4 atom stereocenters. The molecule has 2 aliphatic rings. The number of fused-ring (bicyclic) bond motifs is 1. The molecule has 1 aromatic rings. The van der Waals surface area contributed by atoms with Crippen LogP contribution in [-0.4, -0.2) is 52.7 Å². The number of nitrogens with zero attached hydrogens (tertiary/aromatic N) is 2. The summed E-state index contributed by atoms with van der Waals surface area (Å²) in [4.78, 5) is 7.63. The van der Waals surface area contributed by atoms with Crippen LogP contribution in [0, 0.1) is 0 Å². The van der Waals surface area contributed by atoms with E-state index in [1.165, 1.54) is 6.20 Å². The largest absolute Gasteiger partial charge is 0.468 e. The molecule has 0 spiro atoms. The Morgan fingerprint density at radius 3 is 2.89 bits per heavy atom. The molecule has 0 saturated carbocycles. The van der Waals surface area contributed by atoms with Crippen molar-refractivity contribution in [3.63, 3.8) is 0 Å². The molecule has 8 heteroatoms. The summed E-state index contributed by atoms with van der Waals surface area (Å²) in [6.45, 7) is 0.553. The fourth-order valence-corrected chi connectivity index (χ4v) is 2.36. The molecule has 18 heavy (non-hydrogen) atoms. The Morgan fingerprint density at radius 1 is 1.28 bits per heavy atom. The highest BCUT2D eigenvalue weighted by Crippen LogP contribution is 2.31. The lowest BCUT2D eigenvalue weighted by atomic mass is 10.1. The van der Waals surface area contributed by atoms with Crippen LogP contribution in [0.2, 0.25) is 10.3 Å². The first-order valence-electron chi connectivity index (χ1n) is 5.41. The predicted octanol–water partition coefficient (Wildman–Crippen LogP) is 0.689. The van der Waals surface area contributed by atoms with Gasteiger partial charge in [-0.3, -0.25) is 0 Å². The number of rotatable bonds is 2. The molecule has 0 amide bonds. The van der Waals surface area contributed by atoms with Crippen molar-refractivity contribution in [2.75, 3.05) is 13.2 Å². The third-order valence-corrected chi connectivity index (χ3v) is 3.37. The Balaban J connectivity index is 1.75. The minimum absolute atomic E-state index is 0.0530. The maximum atomic E-state index is 9.60.